The Balaban J connectivity index is 0.00000180. The number of hydrogen-bond acceptors (Lipinski definition) is 4. The second-order valence-electron chi connectivity index (χ2n) is 4.79. The molecule has 108 valence electrons. The Hall–Kier alpha value is -0.970. The lowest BCUT2D eigenvalue weighted by molar-refractivity contribution is 0.0407. The zero-order valence-corrected chi connectivity index (χ0v) is 12.2. The van der Waals surface area contributed by atoms with Gasteiger partial charge in [-0.15, -0.1) is 12.4 Å². The number of ether oxygens (including phenoxy) is 2. The minimum absolute atomic E-state index is 0. The molecule has 1 aromatic rings. The lowest BCUT2D eigenvalue weighted by atomic mass is 9.77. The van der Waals surface area contributed by atoms with Crippen molar-refractivity contribution in [3.8, 4) is 11.5 Å². The van der Waals surface area contributed by atoms with Gasteiger partial charge in [0.05, 0.1) is 26.4 Å². The van der Waals surface area contributed by atoms with Crippen LogP contribution < -0.4 is 15.2 Å². The van der Waals surface area contributed by atoms with Crippen LogP contribution in [0.25, 0.3) is 0 Å². The summed E-state index contributed by atoms with van der Waals surface area (Å²) in [5, 5.41) is 10.3. The topological polar surface area (TPSA) is 64.7 Å². The minimum Gasteiger partial charge on any atom is -0.493 e. The Labute approximate surface area is 120 Å². The summed E-state index contributed by atoms with van der Waals surface area (Å²) >= 11 is 0. The molecular weight excluding hydrogens is 266 g/mol. The van der Waals surface area contributed by atoms with Crippen molar-refractivity contribution in [2.75, 3.05) is 14.2 Å². The van der Waals surface area contributed by atoms with Gasteiger partial charge >= 0.3 is 0 Å². The number of rotatable bonds is 5. The third kappa shape index (κ3) is 3.14. The highest BCUT2D eigenvalue weighted by atomic mass is 35.5. The first kappa shape index (κ1) is 16.1. The standard InChI is InChI=1S/C14H21NO3.ClH/c1-17-11-8-4-7-10(14(11)18-2)12(15)13(16)9-5-3-6-9;/h4,7-9,12-13,16H,3,5-6,15H2,1-2H3;1H/t12-,13+;/m1./s1. The highest BCUT2D eigenvalue weighted by Crippen LogP contribution is 2.39. The fourth-order valence-electron chi connectivity index (χ4n) is 2.43. The fourth-order valence-corrected chi connectivity index (χ4v) is 2.43. The lowest BCUT2D eigenvalue weighted by Gasteiger charge is -2.34. The molecule has 0 bridgehead atoms. The van der Waals surface area contributed by atoms with Crippen LogP contribution in [0.1, 0.15) is 30.9 Å². The van der Waals surface area contributed by atoms with Crippen LogP contribution in [0.2, 0.25) is 0 Å². The van der Waals surface area contributed by atoms with Crippen molar-refractivity contribution in [2.24, 2.45) is 11.7 Å². The van der Waals surface area contributed by atoms with Crippen LogP contribution in [0.15, 0.2) is 18.2 Å². The molecule has 1 saturated carbocycles. The summed E-state index contributed by atoms with van der Waals surface area (Å²) in [6.45, 7) is 0. The van der Waals surface area contributed by atoms with E-state index in [9.17, 15) is 5.11 Å². The van der Waals surface area contributed by atoms with E-state index in [0.717, 1.165) is 18.4 Å². The molecule has 0 radical (unpaired) electrons. The van der Waals surface area contributed by atoms with Gasteiger partial charge in [-0.25, -0.2) is 0 Å². The first-order valence-electron chi connectivity index (χ1n) is 6.33. The number of halogens is 1. The second kappa shape index (κ2) is 6.98. The summed E-state index contributed by atoms with van der Waals surface area (Å²) in [7, 11) is 3.18. The average molecular weight is 288 g/mol. The largest absolute Gasteiger partial charge is 0.493 e. The number of nitrogens with two attached hydrogens (primary N) is 1. The van der Waals surface area contributed by atoms with Crippen molar-refractivity contribution in [1.82, 2.24) is 0 Å². The number of hydrogen-bond donors (Lipinski definition) is 2. The number of benzene rings is 1. The van der Waals surface area contributed by atoms with Gasteiger partial charge in [0.1, 0.15) is 0 Å². The van der Waals surface area contributed by atoms with Gasteiger partial charge < -0.3 is 20.3 Å². The zero-order valence-electron chi connectivity index (χ0n) is 11.3. The van der Waals surface area contributed by atoms with Crippen molar-refractivity contribution in [3.05, 3.63) is 23.8 Å². The van der Waals surface area contributed by atoms with Crippen molar-refractivity contribution >= 4 is 12.4 Å². The number of methoxy groups -OCH3 is 2. The second-order valence-corrected chi connectivity index (χ2v) is 4.79. The van der Waals surface area contributed by atoms with E-state index in [1.165, 1.54) is 6.42 Å². The van der Waals surface area contributed by atoms with Gasteiger partial charge in [-0.2, -0.15) is 0 Å². The molecule has 0 heterocycles. The summed E-state index contributed by atoms with van der Waals surface area (Å²) in [5.74, 6) is 1.58. The first-order valence-corrected chi connectivity index (χ1v) is 6.33. The lowest BCUT2D eigenvalue weighted by Crippen LogP contribution is -2.36. The van der Waals surface area contributed by atoms with Gasteiger partial charge in [0.2, 0.25) is 0 Å². The van der Waals surface area contributed by atoms with E-state index in [-0.39, 0.29) is 12.4 Å². The Morgan fingerprint density at radius 1 is 1.26 bits per heavy atom. The van der Waals surface area contributed by atoms with Crippen LogP contribution in [-0.2, 0) is 0 Å². The molecule has 1 fully saturated rings. The summed E-state index contributed by atoms with van der Waals surface area (Å²) < 4.78 is 10.6. The van der Waals surface area contributed by atoms with Crippen molar-refractivity contribution in [1.29, 1.82) is 0 Å². The molecule has 1 aliphatic carbocycles. The molecule has 0 saturated heterocycles. The summed E-state index contributed by atoms with van der Waals surface area (Å²) in [5.41, 5.74) is 6.97. The van der Waals surface area contributed by atoms with Crippen molar-refractivity contribution in [2.45, 2.75) is 31.4 Å². The van der Waals surface area contributed by atoms with Gasteiger partial charge in [-0.1, -0.05) is 18.6 Å². The molecule has 5 heteroatoms. The maximum absolute atomic E-state index is 10.3. The third-order valence-electron chi connectivity index (χ3n) is 3.79. The van der Waals surface area contributed by atoms with Gasteiger partial charge in [-0.05, 0) is 24.8 Å². The molecule has 4 nitrogen and oxygen atoms in total. The quantitative estimate of drug-likeness (QED) is 0.872. The maximum Gasteiger partial charge on any atom is 0.165 e. The molecule has 0 aliphatic heterocycles. The van der Waals surface area contributed by atoms with E-state index >= 15 is 0 Å². The normalized spacial score (nSPS) is 17.9. The molecule has 1 aromatic carbocycles. The molecular formula is C14H22ClNO3. The van der Waals surface area contributed by atoms with Gasteiger partial charge in [0.15, 0.2) is 11.5 Å². The number of aliphatic hydroxyl groups is 1. The smallest absolute Gasteiger partial charge is 0.165 e. The highest BCUT2D eigenvalue weighted by molar-refractivity contribution is 5.85. The predicted octanol–water partition coefficient (Wildman–Crippen LogP) is 2.29. The summed E-state index contributed by atoms with van der Waals surface area (Å²) in [6.07, 6.45) is 2.78. The molecule has 1 aliphatic rings. The molecule has 2 rings (SSSR count). The molecule has 0 spiro atoms. The van der Waals surface area contributed by atoms with Crippen LogP contribution in [0.4, 0.5) is 0 Å². The van der Waals surface area contributed by atoms with E-state index in [1.54, 1.807) is 14.2 Å². The van der Waals surface area contributed by atoms with Crippen molar-refractivity contribution < 1.29 is 14.6 Å². The van der Waals surface area contributed by atoms with E-state index in [4.69, 9.17) is 15.2 Å². The molecule has 19 heavy (non-hydrogen) atoms. The predicted molar refractivity (Wildman–Crippen MR) is 77.1 cm³/mol. The Kier molecular flexibility index (Phi) is 5.91. The van der Waals surface area contributed by atoms with Crippen LogP contribution in [-0.4, -0.2) is 25.4 Å². The average Bonchev–Trinajstić information content (AvgIpc) is 2.34. The van der Waals surface area contributed by atoms with E-state index in [2.05, 4.69) is 0 Å². The SMILES string of the molecule is COc1cccc([C@@H](N)[C@@H](O)C2CCC2)c1OC.Cl. The monoisotopic (exact) mass is 287 g/mol. The first-order chi connectivity index (χ1) is 8.69. The highest BCUT2D eigenvalue weighted by Gasteiger charge is 2.32. The Bertz CT molecular complexity index is 410. The van der Waals surface area contributed by atoms with E-state index in [0.29, 0.717) is 17.4 Å². The van der Waals surface area contributed by atoms with Gasteiger partial charge in [-0.3, -0.25) is 0 Å². The Morgan fingerprint density at radius 2 is 1.95 bits per heavy atom. The van der Waals surface area contributed by atoms with Crippen LogP contribution in [0.5, 0.6) is 11.5 Å². The molecule has 0 amide bonds. The molecule has 3 N–H and O–H groups in total. The van der Waals surface area contributed by atoms with Crippen molar-refractivity contribution in [3.63, 3.8) is 0 Å². The third-order valence-corrected chi connectivity index (χ3v) is 3.79. The Morgan fingerprint density at radius 3 is 2.42 bits per heavy atom. The van der Waals surface area contributed by atoms with E-state index in [1.807, 2.05) is 18.2 Å². The zero-order chi connectivity index (χ0) is 13.1. The molecule has 2 atom stereocenters. The van der Waals surface area contributed by atoms with E-state index < -0.39 is 12.1 Å². The number of para-hydroxylation sites is 1. The van der Waals surface area contributed by atoms with Gasteiger partial charge in [0.25, 0.3) is 0 Å². The minimum atomic E-state index is -0.514. The summed E-state index contributed by atoms with van der Waals surface area (Å²) in [4.78, 5) is 0. The van der Waals surface area contributed by atoms with Gasteiger partial charge in [0, 0.05) is 5.56 Å². The summed E-state index contributed by atoms with van der Waals surface area (Å²) in [6, 6.07) is 5.14. The van der Waals surface area contributed by atoms with Crippen LogP contribution >= 0.6 is 12.4 Å². The molecule has 0 aromatic heterocycles. The fraction of sp³-hybridized carbons (Fsp3) is 0.571. The van der Waals surface area contributed by atoms with Crippen LogP contribution in [0, 0.1) is 5.92 Å². The maximum atomic E-state index is 10.3. The molecule has 0 unspecified atom stereocenters. The number of aliphatic hydroxyl groups excluding tert-OH is 1. The van der Waals surface area contributed by atoms with Crippen LogP contribution in [0.3, 0.4) is 0 Å².